The van der Waals surface area contributed by atoms with E-state index in [1.54, 1.807) is 19.2 Å². The molecule has 9 nitrogen and oxygen atoms in total. The second kappa shape index (κ2) is 21.5. The molecule has 0 unspecified atom stereocenters. The Morgan fingerprint density at radius 1 is 1.07 bits per heavy atom. The van der Waals surface area contributed by atoms with Crippen LogP contribution in [-0.2, 0) is 36.9 Å². The van der Waals surface area contributed by atoms with E-state index >= 15 is 0 Å². The number of ether oxygens (including phenoxy) is 1. The normalized spacial score (nSPS) is 9.37. The van der Waals surface area contributed by atoms with Gasteiger partial charge in [0, 0.05) is 33.0 Å². The summed E-state index contributed by atoms with van der Waals surface area (Å²) < 4.78 is 5.16. The first kappa shape index (κ1) is 32.8. The first-order valence-electron chi connectivity index (χ1n) is 8.98. The van der Waals surface area contributed by atoms with Crippen LogP contribution in [0.25, 0.3) is 10.6 Å². The Morgan fingerprint density at radius 3 is 2.37 bits per heavy atom. The topological polar surface area (TPSA) is 130 Å². The van der Waals surface area contributed by atoms with Crippen molar-refractivity contribution in [3.8, 4) is 0 Å². The largest absolute Gasteiger partial charge is 1.00 e. The minimum atomic E-state index is -0.355. The summed E-state index contributed by atoms with van der Waals surface area (Å²) in [5.41, 5.74) is 1.68. The number of carbonyl (C=O) groups is 4. The summed E-state index contributed by atoms with van der Waals surface area (Å²) in [7, 11) is 1.55. The van der Waals surface area contributed by atoms with E-state index in [1.165, 1.54) is 0 Å². The monoisotopic (exact) mass is 560 g/mol. The fourth-order valence-corrected chi connectivity index (χ4v) is 2.15. The van der Waals surface area contributed by atoms with Crippen molar-refractivity contribution < 1.29 is 140 Å². The fourth-order valence-electron chi connectivity index (χ4n) is 2.15. The molecule has 2 N–H and O–H groups in total. The van der Waals surface area contributed by atoms with Crippen LogP contribution in [0.15, 0.2) is 24.3 Å². The van der Waals surface area contributed by atoms with E-state index in [0.29, 0.717) is 32.5 Å². The van der Waals surface area contributed by atoms with Crippen LogP contribution in [0.2, 0.25) is 0 Å². The van der Waals surface area contributed by atoms with E-state index in [9.17, 15) is 19.2 Å². The van der Waals surface area contributed by atoms with Crippen molar-refractivity contribution in [2.75, 3.05) is 33.4 Å². The van der Waals surface area contributed by atoms with Crippen LogP contribution >= 0.6 is 0 Å². The molecule has 0 heterocycles. The van der Waals surface area contributed by atoms with Crippen molar-refractivity contribution in [2.24, 2.45) is 0 Å². The number of amides is 4. The molecule has 0 spiro atoms. The predicted molar refractivity (Wildman–Crippen MR) is 104 cm³/mol. The van der Waals surface area contributed by atoms with Gasteiger partial charge in [0.15, 0.2) is 0 Å². The summed E-state index contributed by atoms with van der Waals surface area (Å²) in [5.74, 6) is -0.636. The van der Waals surface area contributed by atoms with Gasteiger partial charge in [-0.15, -0.1) is 13.1 Å². The van der Waals surface area contributed by atoms with Crippen LogP contribution in [0.1, 0.15) is 24.0 Å². The van der Waals surface area contributed by atoms with E-state index in [4.69, 9.17) is 4.74 Å². The van der Waals surface area contributed by atoms with Gasteiger partial charge < -0.3 is 35.6 Å². The molecular formula is C19H26N4O5Rb2. The van der Waals surface area contributed by atoms with Gasteiger partial charge >= 0.3 is 116 Å². The SMILES string of the molecule is CNC(=O)CCNC(=O)Cc1ccc(C[N-]C(=O)COCCC[N-]C=O)cc1.[Rb+].[Rb+]. The minimum Gasteiger partial charge on any atom is -0.656 e. The van der Waals surface area contributed by atoms with Crippen molar-refractivity contribution >= 4 is 24.1 Å². The van der Waals surface area contributed by atoms with Crippen LogP contribution < -0.4 is 127 Å². The molecule has 0 saturated carbocycles. The van der Waals surface area contributed by atoms with Gasteiger partial charge in [-0.1, -0.05) is 29.8 Å². The molecule has 0 fully saturated rings. The van der Waals surface area contributed by atoms with Crippen LogP contribution in [0.3, 0.4) is 0 Å². The molecule has 154 valence electrons. The van der Waals surface area contributed by atoms with Crippen LogP contribution in [-0.4, -0.2) is 57.5 Å². The number of benzene rings is 1. The summed E-state index contributed by atoms with van der Waals surface area (Å²) in [6, 6.07) is 7.23. The van der Waals surface area contributed by atoms with E-state index in [0.717, 1.165) is 11.1 Å². The third-order valence-electron chi connectivity index (χ3n) is 3.65. The van der Waals surface area contributed by atoms with E-state index in [1.807, 2.05) is 12.1 Å². The molecule has 30 heavy (non-hydrogen) atoms. The van der Waals surface area contributed by atoms with Gasteiger partial charge in [-0.3, -0.25) is 9.59 Å². The Morgan fingerprint density at radius 2 is 1.73 bits per heavy atom. The minimum absolute atomic E-state index is 0. The zero-order valence-electron chi connectivity index (χ0n) is 18.0. The van der Waals surface area contributed by atoms with Gasteiger partial charge in [-0.25, -0.2) is 0 Å². The van der Waals surface area contributed by atoms with Crippen LogP contribution in [0.5, 0.6) is 0 Å². The van der Waals surface area contributed by atoms with Crippen molar-refractivity contribution in [2.45, 2.75) is 25.8 Å². The molecule has 0 saturated heterocycles. The molecule has 0 aliphatic heterocycles. The van der Waals surface area contributed by atoms with Gasteiger partial charge in [0.25, 0.3) is 0 Å². The second-order valence-corrected chi connectivity index (χ2v) is 5.89. The summed E-state index contributed by atoms with van der Waals surface area (Å²) >= 11 is 0. The summed E-state index contributed by atoms with van der Waals surface area (Å²) in [4.78, 5) is 44.6. The van der Waals surface area contributed by atoms with E-state index in [-0.39, 0.29) is 160 Å². The number of nitrogens with zero attached hydrogens (tertiary/aromatic N) is 2. The van der Waals surface area contributed by atoms with Gasteiger partial charge in [0.05, 0.1) is 18.9 Å². The number of hydrogen-bond donors (Lipinski definition) is 2. The van der Waals surface area contributed by atoms with Gasteiger partial charge in [-0.05, 0) is 12.0 Å². The van der Waals surface area contributed by atoms with E-state index in [2.05, 4.69) is 21.3 Å². The van der Waals surface area contributed by atoms with Crippen molar-refractivity contribution in [3.63, 3.8) is 0 Å². The number of nitrogens with one attached hydrogen (secondary N) is 2. The molecule has 11 heteroatoms. The number of rotatable bonds is 14. The molecule has 0 aliphatic carbocycles. The maximum atomic E-state index is 11.8. The zero-order chi connectivity index (χ0) is 20.6. The Hall–Kier alpha value is 0.670. The standard InChI is InChI=1S/C19H28N4O5.2Rb/c1-20-17(25)7-9-22-18(26)11-15-3-5-16(6-4-15)12-23-19(27)13-28-10-2-8-21-14-24;;/h3-6,14H,2,7-13H2,1H3,(H4,20,21,22,23,24,25,26,27);;/q;2*+1/p-2. The smallest absolute Gasteiger partial charge is 0.656 e. The molecule has 1 rings (SSSR count). The molecule has 0 aliphatic rings. The summed E-state index contributed by atoms with van der Waals surface area (Å²) in [6.07, 6.45) is 1.53. The molecule has 1 aromatic rings. The van der Waals surface area contributed by atoms with Crippen molar-refractivity contribution in [1.82, 2.24) is 10.6 Å². The van der Waals surface area contributed by atoms with Crippen LogP contribution in [0, 0.1) is 0 Å². The van der Waals surface area contributed by atoms with Gasteiger partial charge in [0.2, 0.25) is 11.8 Å². The van der Waals surface area contributed by atoms with Gasteiger partial charge in [-0.2, -0.15) is 0 Å². The molecule has 0 aromatic heterocycles. The molecule has 4 amide bonds. The fraction of sp³-hybridized carbons (Fsp3) is 0.474. The Balaban J connectivity index is 0. The maximum Gasteiger partial charge on any atom is 1.00 e. The maximum absolute atomic E-state index is 11.8. The van der Waals surface area contributed by atoms with Gasteiger partial charge in [0.1, 0.15) is 0 Å². The number of hydrogen-bond acceptors (Lipinski definition) is 5. The van der Waals surface area contributed by atoms with Crippen molar-refractivity contribution in [3.05, 3.63) is 46.0 Å². The second-order valence-electron chi connectivity index (χ2n) is 5.89. The predicted octanol–water partition coefficient (Wildman–Crippen LogP) is -5.17. The third-order valence-corrected chi connectivity index (χ3v) is 3.65. The Bertz CT molecular complexity index is 644. The average molecular weight is 561 g/mol. The average Bonchev–Trinajstić information content (AvgIpc) is 2.70. The third kappa shape index (κ3) is 17.3. The summed E-state index contributed by atoms with van der Waals surface area (Å²) in [6.45, 7) is 1.16. The van der Waals surface area contributed by atoms with Crippen molar-refractivity contribution in [1.29, 1.82) is 0 Å². The zero-order valence-corrected chi connectivity index (χ0v) is 27.8. The molecule has 1 aromatic carbocycles. The Labute approximate surface area is 275 Å². The Kier molecular flexibility index (Phi) is 23.6. The van der Waals surface area contributed by atoms with Crippen LogP contribution in [0.4, 0.5) is 0 Å². The first-order valence-corrected chi connectivity index (χ1v) is 8.98. The molecule has 0 atom stereocenters. The number of carbonyl (C=O) groups excluding carboxylic acids is 4. The molecule has 0 bridgehead atoms. The first-order chi connectivity index (χ1) is 13.5. The molecule has 0 radical (unpaired) electrons. The molecular weight excluding hydrogens is 535 g/mol. The quantitative estimate of drug-likeness (QED) is 0.173. The summed E-state index contributed by atoms with van der Waals surface area (Å²) in [5, 5.41) is 12.6. The van der Waals surface area contributed by atoms with E-state index < -0.39 is 0 Å².